The number of aromatic nitrogens is 1. The fourth-order valence-electron chi connectivity index (χ4n) is 2.40. The Kier molecular flexibility index (Phi) is 4.83. The number of hydrogen-bond donors (Lipinski definition) is 1. The molecule has 1 heterocycles. The maximum Gasteiger partial charge on any atom is 0.389 e. The van der Waals surface area contributed by atoms with Crippen molar-refractivity contribution in [2.24, 2.45) is 0 Å². The maximum atomic E-state index is 12.4. The highest BCUT2D eigenvalue weighted by Crippen LogP contribution is 2.28. The molecule has 21 heavy (non-hydrogen) atoms. The van der Waals surface area contributed by atoms with Crippen molar-refractivity contribution in [2.75, 3.05) is 6.54 Å². The number of rotatable bonds is 5. The predicted molar refractivity (Wildman–Crippen MR) is 78.2 cm³/mol. The Labute approximate surface area is 122 Å². The van der Waals surface area contributed by atoms with Crippen LogP contribution in [0.2, 0.25) is 0 Å². The molecule has 114 valence electrons. The summed E-state index contributed by atoms with van der Waals surface area (Å²) in [6.07, 6.45) is -4.86. The number of pyridine rings is 1. The van der Waals surface area contributed by atoms with Gasteiger partial charge in [0.05, 0.1) is 5.52 Å². The number of aryl methyl sites for hydroxylation is 1. The van der Waals surface area contributed by atoms with E-state index in [2.05, 4.69) is 10.3 Å². The summed E-state index contributed by atoms with van der Waals surface area (Å²) in [5.41, 5.74) is 2.67. The molecule has 1 N–H and O–H groups in total. The second-order valence-corrected chi connectivity index (χ2v) is 5.17. The lowest BCUT2D eigenvalue weighted by molar-refractivity contribution is -0.136. The average molecular weight is 296 g/mol. The Bertz CT molecular complexity index is 608. The molecule has 5 heteroatoms. The van der Waals surface area contributed by atoms with E-state index in [4.69, 9.17) is 0 Å². The van der Waals surface area contributed by atoms with Crippen molar-refractivity contribution < 1.29 is 13.2 Å². The second kappa shape index (κ2) is 6.43. The van der Waals surface area contributed by atoms with Crippen molar-refractivity contribution in [3.63, 3.8) is 0 Å². The monoisotopic (exact) mass is 296 g/mol. The molecule has 0 spiro atoms. The van der Waals surface area contributed by atoms with Gasteiger partial charge in [-0.1, -0.05) is 19.1 Å². The Morgan fingerprint density at radius 1 is 1.19 bits per heavy atom. The van der Waals surface area contributed by atoms with Gasteiger partial charge in [0.2, 0.25) is 0 Å². The summed E-state index contributed by atoms with van der Waals surface area (Å²) in [5.74, 6) is 0. The molecule has 1 aromatic carbocycles. The van der Waals surface area contributed by atoms with Crippen LogP contribution in [0.15, 0.2) is 30.3 Å². The number of fused-ring (bicyclic) bond motifs is 1. The molecule has 0 aliphatic carbocycles. The first-order valence-corrected chi connectivity index (χ1v) is 7.06. The molecule has 0 radical (unpaired) electrons. The van der Waals surface area contributed by atoms with E-state index in [1.807, 2.05) is 44.2 Å². The van der Waals surface area contributed by atoms with Crippen LogP contribution in [0.4, 0.5) is 13.2 Å². The molecule has 0 aliphatic heterocycles. The molecule has 0 bridgehead atoms. The molecule has 2 aromatic rings. The lowest BCUT2D eigenvalue weighted by atomic mass is 9.99. The smallest absolute Gasteiger partial charge is 0.310 e. The standard InChI is InChI=1S/C16H19F3N2/c1-3-20-14(8-9-16(17,18)19)12-6-7-15-13(10-12)5-4-11(2)21-15/h4-7,10,14,20H,3,8-9H2,1-2H3. The highest BCUT2D eigenvalue weighted by Gasteiger charge is 2.28. The maximum absolute atomic E-state index is 12.4. The summed E-state index contributed by atoms with van der Waals surface area (Å²) in [7, 11) is 0. The van der Waals surface area contributed by atoms with Gasteiger partial charge in [0.1, 0.15) is 0 Å². The summed E-state index contributed by atoms with van der Waals surface area (Å²) in [4.78, 5) is 4.41. The van der Waals surface area contributed by atoms with Crippen LogP contribution in [0.5, 0.6) is 0 Å². The van der Waals surface area contributed by atoms with E-state index in [1.54, 1.807) is 0 Å². The van der Waals surface area contributed by atoms with Crippen LogP contribution in [0.25, 0.3) is 10.9 Å². The van der Waals surface area contributed by atoms with E-state index >= 15 is 0 Å². The molecule has 2 nitrogen and oxygen atoms in total. The molecule has 0 saturated carbocycles. The van der Waals surface area contributed by atoms with Crippen molar-refractivity contribution in [2.45, 2.75) is 38.9 Å². The van der Waals surface area contributed by atoms with Gasteiger partial charge in [0.25, 0.3) is 0 Å². The van der Waals surface area contributed by atoms with Crippen LogP contribution >= 0.6 is 0 Å². The van der Waals surface area contributed by atoms with E-state index in [0.29, 0.717) is 6.54 Å². The van der Waals surface area contributed by atoms with E-state index in [1.165, 1.54) is 0 Å². The lowest BCUT2D eigenvalue weighted by Crippen LogP contribution is -2.23. The SMILES string of the molecule is CCNC(CCC(F)(F)F)c1ccc2nc(C)ccc2c1. The van der Waals surface area contributed by atoms with Gasteiger partial charge in [-0.05, 0) is 43.7 Å². The van der Waals surface area contributed by atoms with Gasteiger partial charge in [0, 0.05) is 23.5 Å². The van der Waals surface area contributed by atoms with Crippen molar-refractivity contribution in [3.8, 4) is 0 Å². The Morgan fingerprint density at radius 2 is 1.95 bits per heavy atom. The number of halogens is 3. The predicted octanol–water partition coefficient (Wildman–Crippen LogP) is 4.54. The fourth-order valence-corrected chi connectivity index (χ4v) is 2.40. The van der Waals surface area contributed by atoms with Gasteiger partial charge in [-0.3, -0.25) is 4.98 Å². The van der Waals surface area contributed by atoms with Crippen LogP contribution in [-0.2, 0) is 0 Å². The molecule has 0 aliphatic rings. The molecule has 1 aromatic heterocycles. The minimum atomic E-state index is -4.12. The van der Waals surface area contributed by atoms with Gasteiger partial charge in [-0.2, -0.15) is 13.2 Å². The van der Waals surface area contributed by atoms with Crippen LogP contribution in [-0.4, -0.2) is 17.7 Å². The highest BCUT2D eigenvalue weighted by molar-refractivity contribution is 5.79. The Hall–Kier alpha value is -1.62. The topological polar surface area (TPSA) is 24.9 Å². The number of benzene rings is 1. The van der Waals surface area contributed by atoms with Crippen molar-refractivity contribution in [1.82, 2.24) is 10.3 Å². The zero-order valence-corrected chi connectivity index (χ0v) is 12.2. The molecule has 0 fully saturated rings. The Morgan fingerprint density at radius 3 is 2.62 bits per heavy atom. The van der Waals surface area contributed by atoms with Crippen LogP contribution < -0.4 is 5.32 Å². The first-order chi connectivity index (χ1) is 9.89. The minimum absolute atomic E-state index is 0.0438. The van der Waals surface area contributed by atoms with Crippen LogP contribution in [0, 0.1) is 6.92 Å². The van der Waals surface area contributed by atoms with E-state index in [9.17, 15) is 13.2 Å². The third-order valence-corrected chi connectivity index (χ3v) is 3.42. The van der Waals surface area contributed by atoms with Gasteiger partial charge in [0.15, 0.2) is 0 Å². The molecule has 2 rings (SSSR count). The van der Waals surface area contributed by atoms with Crippen molar-refractivity contribution >= 4 is 10.9 Å². The van der Waals surface area contributed by atoms with Crippen LogP contribution in [0.1, 0.15) is 37.1 Å². The number of hydrogen-bond acceptors (Lipinski definition) is 2. The largest absolute Gasteiger partial charge is 0.389 e. The van der Waals surface area contributed by atoms with Crippen molar-refractivity contribution in [1.29, 1.82) is 0 Å². The third-order valence-electron chi connectivity index (χ3n) is 3.42. The molecule has 1 atom stereocenters. The molecular formula is C16H19F3N2. The van der Waals surface area contributed by atoms with Gasteiger partial charge >= 0.3 is 6.18 Å². The zero-order chi connectivity index (χ0) is 15.5. The first-order valence-electron chi connectivity index (χ1n) is 7.06. The van der Waals surface area contributed by atoms with Crippen LogP contribution in [0.3, 0.4) is 0 Å². The van der Waals surface area contributed by atoms with Crippen molar-refractivity contribution in [3.05, 3.63) is 41.6 Å². The summed E-state index contributed by atoms with van der Waals surface area (Å²) in [6.45, 7) is 4.44. The van der Waals surface area contributed by atoms with E-state index in [-0.39, 0.29) is 12.5 Å². The zero-order valence-electron chi connectivity index (χ0n) is 12.2. The van der Waals surface area contributed by atoms with E-state index in [0.717, 1.165) is 22.2 Å². The minimum Gasteiger partial charge on any atom is -0.310 e. The number of nitrogens with one attached hydrogen (secondary N) is 1. The molecular weight excluding hydrogens is 277 g/mol. The summed E-state index contributed by atoms with van der Waals surface area (Å²) >= 11 is 0. The summed E-state index contributed by atoms with van der Waals surface area (Å²) in [6, 6.07) is 9.22. The van der Waals surface area contributed by atoms with Gasteiger partial charge in [-0.25, -0.2) is 0 Å². The quantitative estimate of drug-likeness (QED) is 0.876. The second-order valence-electron chi connectivity index (χ2n) is 5.17. The average Bonchev–Trinajstić information content (AvgIpc) is 2.42. The highest BCUT2D eigenvalue weighted by atomic mass is 19.4. The fraction of sp³-hybridized carbons (Fsp3) is 0.438. The number of alkyl halides is 3. The summed E-state index contributed by atoms with van der Waals surface area (Å²) in [5, 5.41) is 4.08. The first kappa shape index (κ1) is 15.8. The normalized spacial score (nSPS) is 13.6. The lowest BCUT2D eigenvalue weighted by Gasteiger charge is -2.19. The Balaban J connectivity index is 2.25. The number of nitrogens with zero attached hydrogens (tertiary/aromatic N) is 1. The molecule has 0 amide bonds. The molecule has 1 unspecified atom stereocenters. The van der Waals surface area contributed by atoms with E-state index < -0.39 is 12.6 Å². The van der Waals surface area contributed by atoms with Gasteiger partial charge in [-0.15, -0.1) is 0 Å². The van der Waals surface area contributed by atoms with Gasteiger partial charge < -0.3 is 5.32 Å². The summed E-state index contributed by atoms with van der Waals surface area (Å²) < 4.78 is 37.3. The molecule has 0 saturated heterocycles. The third kappa shape index (κ3) is 4.43.